The topological polar surface area (TPSA) is 73.6 Å². The molecule has 0 aromatic carbocycles. The summed E-state index contributed by atoms with van der Waals surface area (Å²) in [6.45, 7) is 2.07. The van der Waals surface area contributed by atoms with E-state index in [-0.39, 0.29) is 13.2 Å². The zero-order chi connectivity index (χ0) is 10.4. The highest BCUT2D eigenvalue weighted by Gasteiger charge is 2.09. The number of rotatable bonds is 5. The molecule has 0 aliphatic heterocycles. The fourth-order valence-corrected chi connectivity index (χ4v) is 0.830. The Morgan fingerprint density at radius 1 is 1.71 bits per heavy atom. The van der Waals surface area contributed by atoms with Crippen LogP contribution in [0.5, 0.6) is 0 Å². The van der Waals surface area contributed by atoms with Crippen LogP contribution in [-0.2, 0) is 4.74 Å². The van der Waals surface area contributed by atoms with Gasteiger partial charge >= 0.3 is 5.97 Å². The first-order valence-electron chi connectivity index (χ1n) is 4.24. The van der Waals surface area contributed by atoms with Crippen LogP contribution in [0.1, 0.15) is 17.3 Å². The highest BCUT2D eigenvalue weighted by Crippen LogP contribution is 1.98. The van der Waals surface area contributed by atoms with Crippen molar-refractivity contribution in [2.24, 2.45) is 0 Å². The molecule has 0 spiro atoms. The Labute approximate surface area is 81.0 Å². The standard InChI is InChI=1S/C8H12N2O4/c1-2-13-8(12)7-5-9-10(6-7)14-4-3-11/h5-6,11H,2-4H2,1H3. The molecule has 0 aliphatic carbocycles. The van der Waals surface area contributed by atoms with E-state index in [2.05, 4.69) is 5.10 Å². The molecular formula is C8H12N2O4. The SMILES string of the molecule is CCOC(=O)c1cnn(OCCO)c1. The van der Waals surface area contributed by atoms with Gasteiger partial charge in [0.15, 0.2) is 0 Å². The molecule has 1 aromatic heterocycles. The molecule has 78 valence electrons. The fourth-order valence-electron chi connectivity index (χ4n) is 0.830. The molecule has 0 saturated carbocycles. The Bertz CT molecular complexity index is 297. The van der Waals surface area contributed by atoms with Crippen LogP contribution in [0, 0.1) is 0 Å². The average Bonchev–Trinajstić information content (AvgIpc) is 2.63. The van der Waals surface area contributed by atoms with Gasteiger partial charge in [-0.25, -0.2) is 4.79 Å². The van der Waals surface area contributed by atoms with Crippen LogP contribution in [-0.4, -0.2) is 40.8 Å². The number of carbonyl (C=O) groups excluding carboxylic acids is 1. The number of carbonyl (C=O) groups is 1. The minimum Gasteiger partial charge on any atom is -0.462 e. The molecule has 14 heavy (non-hydrogen) atoms. The van der Waals surface area contributed by atoms with Crippen LogP contribution in [0.15, 0.2) is 12.4 Å². The monoisotopic (exact) mass is 200 g/mol. The summed E-state index contributed by atoms with van der Waals surface area (Å²) in [7, 11) is 0. The maximum absolute atomic E-state index is 11.2. The first-order chi connectivity index (χ1) is 6.77. The van der Waals surface area contributed by atoms with Crippen molar-refractivity contribution in [1.29, 1.82) is 0 Å². The van der Waals surface area contributed by atoms with Crippen molar-refractivity contribution in [3.8, 4) is 0 Å². The molecule has 1 rings (SSSR count). The van der Waals surface area contributed by atoms with Crippen molar-refractivity contribution < 1.29 is 19.5 Å². The normalized spacial score (nSPS) is 9.86. The van der Waals surface area contributed by atoms with E-state index >= 15 is 0 Å². The smallest absolute Gasteiger partial charge is 0.341 e. The maximum Gasteiger partial charge on any atom is 0.341 e. The largest absolute Gasteiger partial charge is 0.462 e. The van der Waals surface area contributed by atoms with Gasteiger partial charge in [0.25, 0.3) is 0 Å². The number of aliphatic hydroxyl groups is 1. The molecule has 6 heteroatoms. The molecule has 0 saturated heterocycles. The van der Waals surface area contributed by atoms with Gasteiger partial charge in [-0.05, 0) is 6.92 Å². The van der Waals surface area contributed by atoms with E-state index in [1.54, 1.807) is 6.92 Å². The summed E-state index contributed by atoms with van der Waals surface area (Å²) in [5.41, 5.74) is 0.324. The molecule has 0 atom stereocenters. The van der Waals surface area contributed by atoms with Gasteiger partial charge in [-0.1, -0.05) is 0 Å². The first-order valence-corrected chi connectivity index (χ1v) is 4.24. The van der Waals surface area contributed by atoms with E-state index in [0.29, 0.717) is 12.2 Å². The molecule has 1 N–H and O–H groups in total. The van der Waals surface area contributed by atoms with Crippen molar-refractivity contribution in [2.45, 2.75) is 6.92 Å². The third-order valence-electron chi connectivity index (χ3n) is 1.39. The number of hydrogen-bond acceptors (Lipinski definition) is 5. The third kappa shape index (κ3) is 2.74. The second-order valence-corrected chi connectivity index (χ2v) is 2.41. The minimum absolute atomic E-state index is 0.103. The number of hydrogen-bond donors (Lipinski definition) is 1. The van der Waals surface area contributed by atoms with Gasteiger partial charge in [0, 0.05) is 0 Å². The Kier molecular flexibility index (Phi) is 3.93. The molecule has 1 heterocycles. The zero-order valence-electron chi connectivity index (χ0n) is 7.84. The van der Waals surface area contributed by atoms with Crippen molar-refractivity contribution in [1.82, 2.24) is 9.94 Å². The molecule has 1 aromatic rings. The molecule has 0 amide bonds. The Balaban J connectivity index is 2.54. The van der Waals surface area contributed by atoms with Crippen LogP contribution >= 0.6 is 0 Å². The van der Waals surface area contributed by atoms with Gasteiger partial charge in [-0.15, -0.1) is 9.94 Å². The van der Waals surface area contributed by atoms with E-state index in [1.807, 2.05) is 0 Å². The second kappa shape index (κ2) is 5.23. The Morgan fingerprint density at radius 2 is 2.50 bits per heavy atom. The van der Waals surface area contributed by atoms with Gasteiger partial charge < -0.3 is 14.7 Å². The van der Waals surface area contributed by atoms with Gasteiger partial charge in [0.1, 0.15) is 12.2 Å². The van der Waals surface area contributed by atoms with Crippen molar-refractivity contribution >= 4 is 5.97 Å². The Morgan fingerprint density at radius 3 is 3.14 bits per heavy atom. The van der Waals surface area contributed by atoms with E-state index in [1.165, 1.54) is 12.4 Å². The summed E-state index contributed by atoms with van der Waals surface area (Å²) in [5.74, 6) is -0.439. The number of ether oxygens (including phenoxy) is 1. The molecule has 0 unspecified atom stereocenters. The lowest BCUT2D eigenvalue weighted by molar-refractivity contribution is 0.0496. The lowest BCUT2D eigenvalue weighted by Crippen LogP contribution is -2.15. The van der Waals surface area contributed by atoms with E-state index in [4.69, 9.17) is 14.7 Å². The maximum atomic E-state index is 11.2. The van der Waals surface area contributed by atoms with Gasteiger partial charge in [0.2, 0.25) is 0 Å². The van der Waals surface area contributed by atoms with Crippen LogP contribution in [0.4, 0.5) is 0 Å². The highest BCUT2D eigenvalue weighted by atomic mass is 16.7. The van der Waals surface area contributed by atoms with Crippen LogP contribution < -0.4 is 4.84 Å². The summed E-state index contributed by atoms with van der Waals surface area (Å²) in [6.07, 6.45) is 2.74. The summed E-state index contributed by atoms with van der Waals surface area (Å²) in [4.78, 5) is 17.2. The molecule has 0 radical (unpaired) electrons. The predicted molar refractivity (Wildman–Crippen MR) is 46.7 cm³/mol. The lowest BCUT2D eigenvalue weighted by Gasteiger charge is -2.00. The number of aromatic nitrogens is 2. The number of aliphatic hydroxyl groups excluding tert-OH is 1. The highest BCUT2D eigenvalue weighted by molar-refractivity contribution is 5.88. The van der Waals surface area contributed by atoms with Crippen LogP contribution in [0.25, 0.3) is 0 Å². The van der Waals surface area contributed by atoms with Gasteiger partial charge in [-0.2, -0.15) is 0 Å². The van der Waals surface area contributed by atoms with E-state index in [0.717, 1.165) is 4.85 Å². The lowest BCUT2D eigenvalue weighted by atomic mass is 10.4. The second-order valence-electron chi connectivity index (χ2n) is 2.41. The van der Waals surface area contributed by atoms with Crippen molar-refractivity contribution in [2.75, 3.05) is 19.8 Å². The van der Waals surface area contributed by atoms with Crippen LogP contribution in [0.3, 0.4) is 0 Å². The quantitative estimate of drug-likeness (QED) is 0.647. The summed E-state index contributed by atoms with van der Waals surface area (Å²) >= 11 is 0. The first kappa shape index (κ1) is 10.5. The molecule has 6 nitrogen and oxygen atoms in total. The third-order valence-corrected chi connectivity index (χ3v) is 1.39. The molecule has 0 aliphatic rings. The van der Waals surface area contributed by atoms with Crippen molar-refractivity contribution in [3.63, 3.8) is 0 Å². The van der Waals surface area contributed by atoms with E-state index in [9.17, 15) is 4.79 Å². The van der Waals surface area contributed by atoms with Gasteiger partial charge in [-0.3, -0.25) is 0 Å². The summed E-state index contributed by atoms with van der Waals surface area (Å²) in [6, 6.07) is 0. The summed E-state index contributed by atoms with van der Waals surface area (Å²) in [5, 5.41) is 12.2. The Hall–Kier alpha value is -1.56. The zero-order valence-corrected chi connectivity index (χ0v) is 7.84. The average molecular weight is 200 g/mol. The van der Waals surface area contributed by atoms with Gasteiger partial charge in [0.05, 0.1) is 25.6 Å². The number of nitrogens with zero attached hydrogens (tertiary/aromatic N) is 2. The number of esters is 1. The minimum atomic E-state index is -0.439. The van der Waals surface area contributed by atoms with Crippen LogP contribution in [0.2, 0.25) is 0 Å². The summed E-state index contributed by atoms with van der Waals surface area (Å²) < 4.78 is 4.75. The molecule has 0 fully saturated rings. The molecule has 0 bridgehead atoms. The fraction of sp³-hybridized carbons (Fsp3) is 0.500. The van der Waals surface area contributed by atoms with Crippen molar-refractivity contribution in [3.05, 3.63) is 18.0 Å². The molecular weight excluding hydrogens is 188 g/mol. The predicted octanol–water partition coefficient (Wildman–Crippen LogP) is -0.519. The van der Waals surface area contributed by atoms with E-state index < -0.39 is 5.97 Å².